The van der Waals surface area contributed by atoms with Gasteiger partial charge >= 0.3 is 0 Å². The number of para-hydroxylation sites is 1. The number of anilines is 1. The fourth-order valence-electron chi connectivity index (χ4n) is 3.05. The van der Waals surface area contributed by atoms with Crippen molar-refractivity contribution >= 4 is 17.5 Å². The Bertz CT molecular complexity index is 789. The van der Waals surface area contributed by atoms with Gasteiger partial charge in [0, 0.05) is 13.6 Å². The van der Waals surface area contributed by atoms with Gasteiger partial charge in [-0.1, -0.05) is 12.1 Å². The maximum absolute atomic E-state index is 13.9. The van der Waals surface area contributed by atoms with Gasteiger partial charge in [0.2, 0.25) is 5.91 Å². The van der Waals surface area contributed by atoms with Crippen molar-refractivity contribution in [2.75, 3.05) is 25.5 Å². The SMILES string of the molecule is CNC(=O)c1ccc(CN(C)C2CCN(c3ccccc3F)C2=O)o1. The van der Waals surface area contributed by atoms with Crippen LogP contribution in [0.15, 0.2) is 40.8 Å². The predicted molar refractivity (Wildman–Crippen MR) is 90.7 cm³/mol. The number of halogens is 1. The van der Waals surface area contributed by atoms with Gasteiger partial charge in [-0.25, -0.2) is 4.39 Å². The monoisotopic (exact) mass is 345 g/mol. The first kappa shape index (κ1) is 17.2. The zero-order chi connectivity index (χ0) is 18.0. The van der Waals surface area contributed by atoms with E-state index in [2.05, 4.69) is 5.32 Å². The molecule has 2 heterocycles. The van der Waals surface area contributed by atoms with Gasteiger partial charge in [-0.15, -0.1) is 0 Å². The Labute approximate surface area is 145 Å². The molecule has 1 unspecified atom stereocenters. The molecule has 1 atom stereocenters. The molecule has 2 amide bonds. The van der Waals surface area contributed by atoms with E-state index >= 15 is 0 Å². The zero-order valence-electron chi connectivity index (χ0n) is 14.2. The standard InChI is InChI=1S/C18H20FN3O3/c1-20-17(23)16-8-7-12(25-16)11-21(2)15-9-10-22(18(15)24)14-6-4-3-5-13(14)19/h3-8,15H,9-11H2,1-2H3,(H,20,23). The normalized spacial score (nSPS) is 17.4. The molecule has 1 fully saturated rings. The van der Waals surface area contributed by atoms with Crippen molar-refractivity contribution in [2.24, 2.45) is 0 Å². The number of nitrogens with one attached hydrogen (secondary N) is 1. The Kier molecular flexibility index (Phi) is 4.85. The van der Waals surface area contributed by atoms with Crippen molar-refractivity contribution < 1.29 is 18.4 Å². The first-order chi connectivity index (χ1) is 12.0. The van der Waals surface area contributed by atoms with Gasteiger partial charge in [0.15, 0.2) is 5.76 Å². The van der Waals surface area contributed by atoms with Crippen molar-refractivity contribution in [1.29, 1.82) is 0 Å². The number of rotatable bonds is 5. The van der Waals surface area contributed by atoms with Crippen molar-refractivity contribution in [3.8, 4) is 0 Å². The molecule has 1 aromatic carbocycles. The molecule has 0 aliphatic carbocycles. The minimum absolute atomic E-state index is 0.134. The van der Waals surface area contributed by atoms with Crippen molar-refractivity contribution in [3.63, 3.8) is 0 Å². The van der Waals surface area contributed by atoms with Crippen LogP contribution in [0, 0.1) is 5.82 Å². The summed E-state index contributed by atoms with van der Waals surface area (Å²) in [5.41, 5.74) is 0.309. The van der Waals surface area contributed by atoms with E-state index in [1.807, 2.05) is 11.9 Å². The molecule has 3 rings (SSSR count). The Hall–Kier alpha value is -2.67. The first-order valence-corrected chi connectivity index (χ1v) is 8.08. The summed E-state index contributed by atoms with van der Waals surface area (Å²) in [5.74, 6) is -0.00228. The lowest BCUT2D eigenvalue weighted by Gasteiger charge is -2.23. The predicted octanol–water partition coefficient (Wildman–Crippen LogP) is 2.02. The van der Waals surface area contributed by atoms with Crippen LogP contribution in [0.1, 0.15) is 22.7 Å². The summed E-state index contributed by atoms with van der Waals surface area (Å²) >= 11 is 0. The number of carbonyl (C=O) groups is 2. The van der Waals surface area contributed by atoms with E-state index < -0.39 is 5.82 Å². The van der Waals surface area contributed by atoms with Crippen molar-refractivity contribution in [2.45, 2.75) is 19.0 Å². The minimum atomic E-state index is -0.402. The second kappa shape index (κ2) is 7.06. The molecule has 25 heavy (non-hydrogen) atoms. The molecule has 1 N–H and O–H groups in total. The van der Waals surface area contributed by atoms with Gasteiger partial charge in [-0.05, 0) is 37.7 Å². The summed E-state index contributed by atoms with van der Waals surface area (Å²) in [6, 6.07) is 9.24. The molecule has 6 nitrogen and oxygen atoms in total. The fraction of sp³-hybridized carbons (Fsp3) is 0.333. The van der Waals surface area contributed by atoms with E-state index in [4.69, 9.17) is 4.42 Å². The number of amides is 2. The number of hydrogen-bond donors (Lipinski definition) is 1. The lowest BCUT2D eigenvalue weighted by atomic mass is 10.2. The van der Waals surface area contributed by atoms with Crippen LogP contribution in [0.3, 0.4) is 0 Å². The number of hydrogen-bond acceptors (Lipinski definition) is 4. The van der Waals surface area contributed by atoms with Crippen LogP contribution in [-0.4, -0.2) is 43.4 Å². The Balaban J connectivity index is 1.68. The molecule has 1 aliphatic heterocycles. The van der Waals surface area contributed by atoms with Crippen LogP contribution >= 0.6 is 0 Å². The zero-order valence-corrected chi connectivity index (χ0v) is 14.2. The van der Waals surface area contributed by atoms with Crippen LogP contribution < -0.4 is 10.2 Å². The first-order valence-electron chi connectivity index (χ1n) is 8.08. The topological polar surface area (TPSA) is 65.8 Å². The van der Waals surface area contributed by atoms with Crippen molar-refractivity contribution in [3.05, 3.63) is 53.7 Å². The molecule has 7 heteroatoms. The third-order valence-corrected chi connectivity index (χ3v) is 4.37. The van der Waals surface area contributed by atoms with E-state index in [0.717, 1.165) is 0 Å². The maximum Gasteiger partial charge on any atom is 0.286 e. The lowest BCUT2D eigenvalue weighted by molar-refractivity contribution is -0.121. The third kappa shape index (κ3) is 3.41. The van der Waals surface area contributed by atoms with Gasteiger partial charge in [0.25, 0.3) is 5.91 Å². The molecule has 1 aromatic heterocycles. The van der Waals surface area contributed by atoms with Crippen LogP contribution in [0.25, 0.3) is 0 Å². The summed E-state index contributed by atoms with van der Waals surface area (Å²) in [6.07, 6.45) is 0.604. The maximum atomic E-state index is 13.9. The molecule has 132 valence electrons. The number of nitrogens with zero attached hydrogens (tertiary/aromatic N) is 2. The molecule has 1 saturated heterocycles. The smallest absolute Gasteiger partial charge is 0.286 e. The summed E-state index contributed by atoms with van der Waals surface area (Å²) in [5, 5.41) is 2.50. The van der Waals surface area contributed by atoms with Gasteiger partial charge in [-0.2, -0.15) is 0 Å². The van der Waals surface area contributed by atoms with E-state index in [-0.39, 0.29) is 23.6 Å². The summed E-state index contributed by atoms with van der Waals surface area (Å²) in [4.78, 5) is 27.5. The molecule has 0 radical (unpaired) electrons. The summed E-state index contributed by atoms with van der Waals surface area (Å²) in [6.45, 7) is 0.856. The molecule has 0 saturated carbocycles. The van der Waals surface area contributed by atoms with E-state index in [0.29, 0.717) is 31.0 Å². The molecular formula is C18H20FN3O3. The Morgan fingerprint density at radius 2 is 2.12 bits per heavy atom. The number of benzene rings is 1. The molecule has 0 bridgehead atoms. The highest BCUT2D eigenvalue weighted by molar-refractivity contribution is 5.99. The fourth-order valence-corrected chi connectivity index (χ4v) is 3.05. The third-order valence-electron chi connectivity index (χ3n) is 4.37. The van der Waals surface area contributed by atoms with Gasteiger partial charge in [-0.3, -0.25) is 14.5 Å². The largest absolute Gasteiger partial charge is 0.455 e. The highest BCUT2D eigenvalue weighted by atomic mass is 19.1. The average Bonchev–Trinajstić information content (AvgIpc) is 3.21. The summed E-state index contributed by atoms with van der Waals surface area (Å²) < 4.78 is 19.4. The number of likely N-dealkylation sites (N-methyl/N-ethyl adjacent to an activating group) is 1. The summed E-state index contributed by atoms with van der Waals surface area (Å²) in [7, 11) is 3.35. The highest BCUT2D eigenvalue weighted by Crippen LogP contribution is 2.27. The lowest BCUT2D eigenvalue weighted by Crippen LogP contribution is -2.39. The molecule has 0 spiro atoms. The van der Waals surface area contributed by atoms with Crippen LogP contribution in [0.2, 0.25) is 0 Å². The van der Waals surface area contributed by atoms with E-state index in [9.17, 15) is 14.0 Å². The molecule has 2 aromatic rings. The van der Waals surface area contributed by atoms with Crippen LogP contribution in [-0.2, 0) is 11.3 Å². The van der Waals surface area contributed by atoms with Crippen LogP contribution in [0.5, 0.6) is 0 Å². The van der Waals surface area contributed by atoms with Gasteiger partial charge in [0.05, 0.1) is 18.3 Å². The van der Waals surface area contributed by atoms with E-state index in [1.165, 1.54) is 18.0 Å². The van der Waals surface area contributed by atoms with Crippen molar-refractivity contribution in [1.82, 2.24) is 10.2 Å². The number of carbonyl (C=O) groups excluding carboxylic acids is 2. The Morgan fingerprint density at radius 3 is 2.84 bits per heavy atom. The second-order valence-corrected chi connectivity index (χ2v) is 6.01. The van der Waals surface area contributed by atoms with E-state index in [1.54, 1.807) is 30.3 Å². The van der Waals surface area contributed by atoms with Gasteiger partial charge < -0.3 is 14.6 Å². The van der Waals surface area contributed by atoms with Gasteiger partial charge in [0.1, 0.15) is 11.6 Å². The number of furan rings is 1. The van der Waals surface area contributed by atoms with Crippen LogP contribution in [0.4, 0.5) is 10.1 Å². The second-order valence-electron chi connectivity index (χ2n) is 6.01. The molecular weight excluding hydrogens is 325 g/mol. The molecule has 1 aliphatic rings. The quantitative estimate of drug-likeness (QED) is 0.900. The highest BCUT2D eigenvalue weighted by Gasteiger charge is 2.36. The minimum Gasteiger partial charge on any atom is -0.455 e. The Morgan fingerprint density at radius 1 is 1.36 bits per heavy atom. The average molecular weight is 345 g/mol.